The number of benzene rings is 1. The van der Waals surface area contributed by atoms with E-state index in [2.05, 4.69) is 15.5 Å². The number of para-hydroxylation sites is 1. The van der Waals surface area contributed by atoms with Crippen molar-refractivity contribution in [3.8, 4) is 0 Å². The number of fused-ring (bicyclic) bond motifs is 1. The highest BCUT2D eigenvalue weighted by Crippen LogP contribution is 2.21. The average Bonchev–Trinajstić information content (AvgIpc) is 2.92. The van der Waals surface area contributed by atoms with Crippen LogP contribution in [0.3, 0.4) is 0 Å². The van der Waals surface area contributed by atoms with Gasteiger partial charge in [0.15, 0.2) is 10.8 Å². The normalized spacial score (nSPS) is 13.6. The van der Waals surface area contributed by atoms with Crippen molar-refractivity contribution in [1.82, 2.24) is 15.1 Å². The number of rotatable bonds is 2. The van der Waals surface area contributed by atoms with Gasteiger partial charge in [-0.2, -0.15) is 5.10 Å². The number of carbonyl (C=O) groups is 1. The van der Waals surface area contributed by atoms with Crippen molar-refractivity contribution in [1.29, 1.82) is 0 Å². The summed E-state index contributed by atoms with van der Waals surface area (Å²) in [7, 11) is 0. The molecule has 0 unspecified atom stereocenters. The SMILES string of the molecule is Cc1ccccc1NC(=S)N1CCc2c(C(=O)O)n[nH]c2C1. The summed E-state index contributed by atoms with van der Waals surface area (Å²) >= 11 is 5.47. The van der Waals surface area contributed by atoms with Crippen LogP contribution in [0.4, 0.5) is 5.69 Å². The third-order valence-electron chi connectivity index (χ3n) is 3.81. The van der Waals surface area contributed by atoms with Gasteiger partial charge in [-0.3, -0.25) is 5.10 Å². The minimum Gasteiger partial charge on any atom is -0.476 e. The predicted molar refractivity (Wildman–Crippen MR) is 87.1 cm³/mol. The van der Waals surface area contributed by atoms with Gasteiger partial charge in [-0.25, -0.2) is 4.79 Å². The van der Waals surface area contributed by atoms with Gasteiger partial charge in [-0.15, -0.1) is 0 Å². The molecule has 2 heterocycles. The lowest BCUT2D eigenvalue weighted by Crippen LogP contribution is -2.39. The first-order valence-corrected chi connectivity index (χ1v) is 7.38. The lowest BCUT2D eigenvalue weighted by Gasteiger charge is -2.29. The van der Waals surface area contributed by atoms with Crippen LogP contribution in [0.25, 0.3) is 0 Å². The van der Waals surface area contributed by atoms with Gasteiger partial charge in [0, 0.05) is 17.8 Å². The van der Waals surface area contributed by atoms with Gasteiger partial charge in [0.05, 0.1) is 12.2 Å². The first kappa shape index (κ1) is 14.5. The molecule has 3 N–H and O–H groups in total. The smallest absolute Gasteiger partial charge is 0.356 e. The molecule has 7 heteroatoms. The Morgan fingerprint density at radius 1 is 1.45 bits per heavy atom. The Hall–Kier alpha value is -2.41. The number of carboxylic acids is 1. The van der Waals surface area contributed by atoms with Gasteiger partial charge in [0.2, 0.25) is 0 Å². The van der Waals surface area contributed by atoms with Gasteiger partial charge < -0.3 is 15.3 Å². The van der Waals surface area contributed by atoms with E-state index in [1.807, 2.05) is 36.1 Å². The van der Waals surface area contributed by atoms with Crippen LogP contribution in [-0.2, 0) is 13.0 Å². The molecule has 1 aromatic carbocycles. The number of aromatic carboxylic acids is 1. The van der Waals surface area contributed by atoms with E-state index in [1.165, 1.54) is 0 Å². The van der Waals surface area contributed by atoms with Gasteiger partial charge in [0.25, 0.3) is 0 Å². The van der Waals surface area contributed by atoms with E-state index in [1.54, 1.807) is 0 Å². The Kier molecular flexibility index (Phi) is 3.81. The Morgan fingerprint density at radius 3 is 2.95 bits per heavy atom. The van der Waals surface area contributed by atoms with Gasteiger partial charge in [0.1, 0.15) is 0 Å². The Bertz CT molecular complexity index is 741. The Labute approximate surface area is 133 Å². The molecule has 1 aliphatic heterocycles. The fourth-order valence-corrected chi connectivity index (χ4v) is 2.84. The second kappa shape index (κ2) is 5.76. The summed E-state index contributed by atoms with van der Waals surface area (Å²) in [5.74, 6) is -0.994. The predicted octanol–water partition coefficient (Wildman–Crippen LogP) is 2.17. The summed E-state index contributed by atoms with van der Waals surface area (Å²) in [6.07, 6.45) is 0.614. The van der Waals surface area contributed by atoms with Crippen molar-refractivity contribution < 1.29 is 9.90 Å². The molecule has 0 fully saturated rings. The number of hydrogen-bond donors (Lipinski definition) is 3. The first-order valence-electron chi connectivity index (χ1n) is 6.97. The molecular weight excluding hydrogens is 300 g/mol. The van der Waals surface area contributed by atoms with Gasteiger partial charge in [-0.1, -0.05) is 18.2 Å². The molecular formula is C15H16N4O2S. The second-order valence-electron chi connectivity index (χ2n) is 5.25. The maximum atomic E-state index is 11.1. The number of carboxylic acid groups (broad SMARTS) is 1. The van der Waals surface area contributed by atoms with E-state index >= 15 is 0 Å². The number of thiocarbonyl (C=S) groups is 1. The summed E-state index contributed by atoms with van der Waals surface area (Å²) < 4.78 is 0. The fourth-order valence-electron chi connectivity index (χ4n) is 2.58. The summed E-state index contributed by atoms with van der Waals surface area (Å²) in [4.78, 5) is 13.1. The number of hydrogen-bond acceptors (Lipinski definition) is 3. The van der Waals surface area contributed by atoms with Crippen LogP contribution in [0.15, 0.2) is 24.3 Å². The number of nitrogens with one attached hydrogen (secondary N) is 2. The van der Waals surface area contributed by atoms with Crippen molar-refractivity contribution in [3.63, 3.8) is 0 Å². The van der Waals surface area contributed by atoms with E-state index in [9.17, 15) is 4.79 Å². The molecule has 6 nitrogen and oxygen atoms in total. The molecule has 0 bridgehead atoms. The maximum Gasteiger partial charge on any atom is 0.356 e. The molecule has 2 aromatic rings. The summed E-state index contributed by atoms with van der Waals surface area (Å²) in [6.45, 7) is 3.23. The molecule has 0 atom stereocenters. The zero-order valence-electron chi connectivity index (χ0n) is 12.1. The summed E-state index contributed by atoms with van der Waals surface area (Å²) in [5.41, 5.74) is 3.82. The van der Waals surface area contributed by atoms with E-state index in [4.69, 9.17) is 17.3 Å². The van der Waals surface area contributed by atoms with E-state index in [-0.39, 0.29) is 5.69 Å². The monoisotopic (exact) mass is 316 g/mol. The van der Waals surface area contributed by atoms with Crippen molar-refractivity contribution in [2.24, 2.45) is 0 Å². The molecule has 22 heavy (non-hydrogen) atoms. The molecule has 3 rings (SSSR count). The molecule has 0 amide bonds. The standard InChI is InChI=1S/C15H16N4O2S/c1-9-4-2-3-5-11(9)16-15(22)19-7-6-10-12(8-19)17-18-13(10)14(20)21/h2-5H,6-8H2,1H3,(H,16,22)(H,17,18)(H,20,21). The Morgan fingerprint density at radius 2 is 2.23 bits per heavy atom. The quantitative estimate of drug-likeness (QED) is 0.737. The Balaban J connectivity index is 1.73. The third kappa shape index (κ3) is 2.67. The zero-order chi connectivity index (χ0) is 15.7. The minimum atomic E-state index is -0.994. The van der Waals surface area contributed by atoms with Crippen LogP contribution in [0, 0.1) is 6.92 Å². The molecule has 1 aromatic heterocycles. The zero-order valence-corrected chi connectivity index (χ0v) is 12.9. The fraction of sp³-hybridized carbons (Fsp3) is 0.267. The van der Waals surface area contributed by atoms with Crippen LogP contribution >= 0.6 is 12.2 Å². The second-order valence-corrected chi connectivity index (χ2v) is 5.64. The lowest BCUT2D eigenvalue weighted by molar-refractivity contribution is 0.0689. The topological polar surface area (TPSA) is 81.2 Å². The maximum absolute atomic E-state index is 11.1. The van der Waals surface area contributed by atoms with Crippen molar-refractivity contribution >= 4 is 29.0 Å². The number of nitrogens with zero attached hydrogens (tertiary/aromatic N) is 2. The molecule has 0 saturated carbocycles. The number of H-pyrrole nitrogens is 1. The van der Waals surface area contributed by atoms with E-state index < -0.39 is 5.97 Å². The van der Waals surface area contributed by atoms with Crippen molar-refractivity contribution in [3.05, 3.63) is 46.8 Å². The average molecular weight is 316 g/mol. The molecule has 0 spiro atoms. The van der Waals surface area contributed by atoms with Crippen LogP contribution in [0.5, 0.6) is 0 Å². The van der Waals surface area contributed by atoms with E-state index in [0.717, 1.165) is 22.5 Å². The van der Waals surface area contributed by atoms with Gasteiger partial charge in [-0.05, 0) is 37.2 Å². The van der Waals surface area contributed by atoms with E-state index in [0.29, 0.717) is 24.6 Å². The summed E-state index contributed by atoms with van der Waals surface area (Å²) in [5, 5.41) is 19.7. The first-order chi connectivity index (χ1) is 10.6. The third-order valence-corrected chi connectivity index (χ3v) is 4.17. The largest absolute Gasteiger partial charge is 0.476 e. The molecule has 0 aliphatic carbocycles. The molecule has 0 radical (unpaired) electrons. The van der Waals surface area contributed by atoms with Crippen LogP contribution in [-0.4, -0.2) is 37.8 Å². The molecule has 114 valence electrons. The number of anilines is 1. The highest BCUT2D eigenvalue weighted by molar-refractivity contribution is 7.80. The minimum absolute atomic E-state index is 0.118. The summed E-state index contributed by atoms with van der Waals surface area (Å²) in [6, 6.07) is 7.94. The number of aromatic nitrogens is 2. The van der Waals surface area contributed by atoms with Gasteiger partial charge >= 0.3 is 5.97 Å². The molecule has 1 aliphatic rings. The highest BCUT2D eigenvalue weighted by Gasteiger charge is 2.26. The lowest BCUT2D eigenvalue weighted by atomic mass is 10.0. The van der Waals surface area contributed by atoms with Crippen molar-refractivity contribution in [2.75, 3.05) is 11.9 Å². The van der Waals surface area contributed by atoms with Crippen molar-refractivity contribution in [2.45, 2.75) is 19.9 Å². The number of aryl methyl sites for hydroxylation is 1. The van der Waals surface area contributed by atoms with Crippen LogP contribution < -0.4 is 5.32 Å². The van der Waals surface area contributed by atoms with Crippen LogP contribution in [0.2, 0.25) is 0 Å². The highest BCUT2D eigenvalue weighted by atomic mass is 32.1. The number of aromatic amines is 1. The molecule has 0 saturated heterocycles. The van der Waals surface area contributed by atoms with Crippen LogP contribution in [0.1, 0.15) is 27.3 Å².